The molecule has 19 heavy (non-hydrogen) atoms. The number of furan rings is 1. The summed E-state index contributed by atoms with van der Waals surface area (Å²) < 4.78 is 7.35. The molecule has 0 spiro atoms. The molecule has 0 bridgehead atoms. The molecule has 0 saturated heterocycles. The zero-order chi connectivity index (χ0) is 13.1. The van der Waals surface area contributed by atoms with Gasteiger partial charge in [0.2, 0.25) is 0 Å². The van der Waals surface area contributed by atoms with Crippen molar-refractivity contribution in [1.29, 1.82) is 0 Å². The first-order valence-corrected chi connectivity index (χ1v) is 6.46. The van der Waals surface area contributed by atoms with Crippen LogP contribution in [0.5, 0.6) is 0 Å². The lowest BCUT2D eigenvalue weighted by molar-refractivity contribution is 0.602. The summed E-state index contributed by atoms with van der Waals surface area (Å²) >= 11 is 0. The molecule has 0 unspecified atom stereocenters. The Hall–Kier alpha value is -2.07. The molecule has 3 rings (SSSR count). The summed E-state index contributed by atoms with van der Waals surface area (Å²) in [6.07, 6.45) is 6.79. The highest BCUT2D eigenvalue weighted by Gasteiger charge is 2.04. The molecule has 3 aromatic rings. The van der Waals surface area contributed by atoms with Gasteiger partial charge in [0.05, 0.1) is 12.5 Å². The predicted molar refractivity (Wildman–Crippen MR) is 74.8 cm³/mol. The third kappa shape index (κ3) is 2.69. The number of nitrogens with one attached hydrogen (secondary N) is 1. The highest BCUT2D eigenvalue weighted by molar-refractivity contribution is 5.80. The van der Waals surface area contributed by atoms with E-state index in [1.165, 1.54) is 16.5 Å². The number of hydrogen-bond acceptors (Lipinski definition) is 3. The van der Waals surface area contributed by atoms with Gasteiger partial charge in [-0.2, -0.15) is 5.10 Å². The topological polar surface area (TPSA) is 43.0 Å². The van der Waals surface area contributed by atoms with Crippen LogP contribution in [0.2, 0.25) is 0 Å². The van der Waals surface area contributed by atoms with E-state index in [1.54, 1.807) is 0 Å². The molecule has 4 nitrogen and oxygen atoms in total. The molecule has 0 atom stereocenters. The van der Waals surface area contributed by atoms with Crippen LogP contribution in [0.1, 0.15) is 11.1 Å². The van der Waals surface area contributed by atoms with Crippen LogP contribution >= 0.6 is 0 Å². The molecular weight excluding hydrogens is 238 g/mol. The van der Waals surface area contributed by atoms with Crippen molar-refractivity contribution in [3.05, 3.63) is 54.0 Å². The van der Waals surface area contributed by atoms with Gasteiger partial charge in [-0.15, -0.1) is 0 Å². The van der Waals surface area contributed by atoms with Gasteiger partial charge in [-0.25, -0.2) is 0 Å². The summed E-state index contributed by atoms with van der Waals surface area (Å²) in [4.78, 5) is 0. The molecule has 0 saturated carbocycles. The second kappa shape index (κ2) is 5.28. The van der Waals surface area contributed by atoms with E-state index in [4.69, 9.17) is 4.42 Å². The Balaban J connectivity index is 1.55. The van der Waals surface area contributed by atoms with E-state index in [-0.39, 0.29) is 0 Å². The number of aryl methyl sites for hydroxylation is 1. The highest BCUT2D eigenvalue weighted by atomic mass is 16.3. The van der Waals surface area contributed by atoms with Crippen molar-refractivity contribution in [2.24, 2.45) is 7.05 Å². The highest BCUT2D eigenvalue weighted by Crippen LogP contribution is 2.20. The van der Waals surface area contributed by atoms with Crippen LogP contribution in [-0.2, 0) is 20.0 Å². The first-order valence-electron chi connectivity index (χ1n) is 6.46. The Kier molecular flexibility index (Phi) is 3.33. The fraction of sp³-hybridized carbons (Fsp3) is 0.267. The second-order valence-electron chi connectivity index (χ2n) is 4.71. The van der Waals surface area contributed by atoms with Gasteiger partial charge in [0, 0.05) is 30.7 Å². The van der Waals surface area contributed by atoms with Crippen molar-refractivity contribution >= 4 is 11.0 Å². The SMILES string of the molecule is Cn1cc(CCNCc2coc3ccccc23)cn1. The molecule has 0 fully saturated rings. The van der Waals surface area contributed by atoms with Crippen LogP contribution in [0.4, 0.5) is 0 Å². The summed E-state index contributed by atoms with van der Waals surface area (Å²) in [6.45, 7) is 1.77. The first kappa shape index (κ1) is 12.0. The molecule has 2 aromatic heterocycles. The number of para-hydroxylation sites is 1. The van der Waals surface area contributed by atoms with E-state index in [9.17, 15) is 0 Å². The molecule has 0 radical (unpaired) electrons. The molecule has 0 amide bonds. The minimum absolute atomic E-state index is 0.831. The maximum atomic E-state index is 5.51. The fourth-order valence-electron chi connectivity index (χ4n) is 2.23. The Bertz CT molecular complexity index is 669. The minimum atomic E-state index is 0.831. The Morgan fingerprint density at radius 3 is 3.05 bits per heavy atom. The third-order valence-corrected chi connectivity index (χ3v) is 3.23. The summed E-state index contributed by atoms with van der Waals surface area (Å²) in [7, 11) is 1.94. The summed E-state index contributed by atoms with van der Waals surface area (Å²) in [5.74, 6) is 0. The average Bonchev–Trinajstić information content (AvgIpc) is 3.02. The third-order valence-electron chi connectivity index (χ3n) is 3.23. The molecule has 1 aromatic carbocycles. The number of aromatic nitrogens is 2. The number of nitrogens with zero attached hydrogens (tertiary/aromatic N) is 2. The normalized spacial score (nSPS) is 11.2. The van der Waals surface area contributed by atoms with E-state index < -0.39 is 0 Å². The molecule has 98 valence electrons. The lowest BCUT2D eigenvalue weighted by atomic mass is 10.2. The maximum absolute atomic E-state index is 5.51. The van der Waals surface area contributed by atoms with E-state index in [0.29, 0.717) is 0 Å². The zero-order valence-electron chi connectivity index (χ0n) is 11.0. The summed E-state index contributed by atoms with van der Waals surface area (Å²) in [5, 5.41) is 8.79. The van der Waals surface area contributed by atoms with Gasteiger partial charge in [-0.3, -0.25) is 4.68 Å². The molecule has 1 N–H and O–H groups in total. The van der Waals surface area contributed by atoms with Gasteiger partial charge in [-0.05, 0) is 24.6 Å². The lowest BCUT2D eigenvalue weighted by Gasteiger charge is -2.02. The molecular formula is C15H17N3O. The number of fused-ring (bicyclic) bond motifs is 1. The monoisotopic (exact) mass is 255 g/mol. The standard InChI is InChI=1S/C15H17N3O/c1-18-10-12(8-17-18)6-7-16-9-13-11-19-15-5-3-2-4-14(13)15/h2-5,8,10-11,16H,6-7,9H2,1H3. The molecule has 0 aliphatic heterocycles. The van der Waals surface area contributed by atoms with Gasteiger partial charge < -0.3 is 9.73 Å². The van der Waals surface area contributed by atoms with Gasteiger partial charge in [0.25, 0.3) is 0 Å². The van der Waals surface area contributed by atoms with Crippen molar-refractivity contribution in [1.82, 2.24) is 15.1 Å². The molecule has 0 aliphatic carbocycles. The maximum Gasteiger partial charge on any atom is 0.134 e. The van der Waals surface area contributed by atoms with Gasteiger partial charge in [0.15, 0.2) is 0 Å². The summed E-state index contributed by atoms with van der Waals surface area (Å²) in [5.41, 5.74) is 3.42. The molecule has 0 aliphatic rings. The van der Waals surface area contributed by atoms with E-state index in [2.05, 4.69) is 22.7 Å². The van der Waals surface area contributed by atoms with E-state index >= 15 is 0 Å². The van der Waals surface area contributed by atoms with Crippen molar-refractivity contribution in [3.63, 3.8) is 0 Å². The smallest absolute Gasteiger partial charge is 0.134 e. The molecule has 2 heterocycles. The first-order chi connectivity index (χ1) is 9.33. The lowest BCUT2D eigenvalue weighted by Crippen LogP contribution is -2.16. The Morgan fingerprint density at radius 1 is 1.32 bits per heavy atom. The van der Waals surface area contributed by atoms with Gasteiger partial charge in [0.1, 0.15) is 5.58 Å². The van der Waals surface area contributed by atoms with Gasteiger partial charge in [-0.1, -0.05) is 18.2 Å². The average molecular weight is 255 g/mol. The van der Waals surface area contributed by atoms with Crippen LogP contribution in [0.3, 0.4) is 0 Å². The van der Waals surface area contributed by atoms with E-state index in [1.807, 2.05) is 42.4 Å². The Labute approximate surface area is 112 Å². The molecule has 4 heteroatoms. The zero-order valence-corrected chi connectivity index (χ0v) is 11.0. The number of rotatable bonds is 5. The van der Waals surface area contributed by atoms with Gasteiger partial charge >= 0.3 is 0 Å². The van der Waals surface area contributed by atoms with Crippen LogP contribution in [0, 0.1) is 0 Å². The number of hydrogen-bond donors (Lipinski definition) is 1. The Morgan fingerprint density at radius 2 is 2.21 bits per heavy atom. The van der Waals surface area contributed by atoms with Crippen molar-refractivity contribution < 1.29 is 4.42 Å². The van der Waals surface area contributed by atoms with Crippen molar-refractivity contribution in [3.8, 4) is 0 Å². The van der Waals surface area contributed by atoms with Crippen LogP contribution in [0.25, 0.3) is 11.0 Å². The van der Waals surface area contributed by atoms with Crippen LogP contribution in [0.15, 0.2) is 47.3 Å². The minimum Gasteiger partial charge on any atom is -0.464 e. The van der Waals surface area contributed by atoms with E-state index in [0.717, 1.165) is 25.1 Å². The fourth-order valence-corrected chi connectivity index (χ4v) is 2.23. The van der Waals surface area contributed by atoms with Crippen molar-refractivity contribution in [2.45, 2.75) is 13.0 Å². The van der Waals surface area contributed by atoms with Crippen LogP contribution in [-0.4, -0.2) is 16.3 Å². The largest absolute Gasteiger partial charge is 0.464 e. The van der Waals surface area contributed by atoms with Crippen molar-refractivity contribution in [2.75, 3.05) is 6.54 Å². The quantitative estimate of drug-likeness (QED) is 0.712. The predicted octanol–water partition coefficient (Wildman–Crippen LogP) is 2.50. The summed E-state index contributed by atoms with van der Waals surface area (Å²) in [6, 6.07) is 8.12. The van der Waals surface area contributed by atoms with Crippen LogP contribution < -0.4 is 5.32 Å². The second-order valence-corrected chi connectivity index (χ2v) is 4.71. The number of benzene rings is 1.